The first-order chi connectivity index (χ1) is 23.1. The number of pyridine rings is 1. The molecular weight excluding hydrogens is 621 g/mol. The summed E-state index contributed by atoms with van der Waals surface area (Å²) in [7, 11) is -3.04. The number of amides is 2. The number of esters is 1. The van der Waals surface area contributed by atoms with Gasteiger partial charge in [0, 0.05) is 47.4 Å². The Morgan fingerprint density at radius 3 is 2.59 bits per heavy atom. The largest absolute Gasteiger partial charge is 0.469 e. The first-order valence-corrected chi connectivity index (χ1v) is 15.2. The zero-order valence-electron chi connectivity index (χ0n) is 27.4. The molecule has 0 unspecified atom stereocenters. The molecule has 0 atom stereocenters. The van der Waals surface area contributed by atoms with Gasteiger partial charge in [0.2, 0.25) is 5.91 Å². The summed E-state index contributed by atoms with van der Waals surface area (Å²) in [6.45, 7) is -2.20. The first kappa shape index (κ1) is 28.4. The second-order valence-corrected chi connectivity index (χ2v) is 11.4. The summed E-state index contributed by atoms with van der Waals surface area (Å²) < 4.78 is 44.4. The third-order valence-electron chi connectivity index (χ3n) is 6.73. The fourth-order valence-electron chi connectivity index (χ4n) is 4.17. The smallest absolute Gasteiger partial charge is 0.439 e. The zero-order valence-corrected chi connectivity index (χ0v) is 25.3. The van der Waals surface area contributed by atoms with Gasteiger partial charge in [0.25, 0.3) is 5.91 Å². The summed E-state index contributed by atoms with van der Waals surface area (Å²) in [4.78, 5) is 67.0. The number of phosphoric acid groups is 1. The minimum absolute atomic E-state index is 0.0125. The highest BCUT2D eigenvalue weighted by Gasteiger charge is 2.30. The topological polar surface area (TPSA) is 225 Å². The maximum Gasteiger partial charge on any atom is 0.469 e. The molecule has 1 fully saturated rings. The van der Waals surface area contributed by atoms with E-state index in [1.165, 1.54) is 41.3 Å². The Morgan fingerprint density at radius 2 is 1.93 bits per heavy atom. The van der Waals surface area contributed by atoms with Crippen LogP contribution in [0.2, 0.25) is 0 Å². The molecule has 46 heavy (non-hydrogen) atoms. The van der Waals surface area contributed by atoms with Crippen LogP contribution in [0, 0.1) is 12.8 Å². The van der Waals surface area contributed by atoms with E-state index in [2.05, 4.69) is 35.1 Å². The lowest BCUT2D eigenvalue weighted by molar-refractivity contribution is -0.117. The maximum absolute atomic E-state index is 13.3. The van der Waals surface area contributed by atoms with E-state index in [0.717, 1.165) is 4.68 Å². The van der Waals surface area contributed by atoms with E-state index in [1.807, 2.05) is 5.32 Å². The van der Waals surface area contributed by atoms with Crippen molar-refractivity contribution >= 4 is 37.2 Å². The molecule has 4 aromatic rings. The Bertz CT molecular complexity index is 2020. The maximum atomic E-state index is 13.3. The minimum atomic E-state index is -4.69. The van der Waals surface area contributed by atoms with Crippen molar-refractivity contribution < 1.29 is 42.1 Å². The van der Waals surface area contributed by atoms with E-state index in [0.29, 0.717) is 35.2 Å². The summed E-state index contributed by atoms with van der Waals surface area (Å²) >= 11 is 0. The SMILES string of the molecule is [2H]C([2H])([2H])NC(=O)c1nn(COC(=O)c2ccc(COP(=O)(O)O)cc2)c(NC(=O)C2CC2)cc1=Nc1nccc(-c2cnn(C)n2)c1C. The van der Waals surface area contributed by atoms with Gasteiger partial charge in [-0.2, -0.15) is 20.1 Å². The van der Waals surface area contributed by atoms with Crippen molar-refractivity contribution in [2.75, 3.05) is 12.3 Å². The molecule has 18 heteroatoms. The molecule has 240 valence electrons. The van der Waals surface area contributed by atoms with Gasteiger partial charge in [-0.05, 0) is 43.5 Å². The van der Waals surface area contributed by atoms with Crippen molar-refractivity contribution in [1.29, 1.82) is 0 Å². The lowest BCUT2D eigenvalue weighted by Gasteiger charge is -2.15. The molecule has 3 aromatic heterocycles. The van der Waals surface area contributed by atoms with E-state index in [9.17, 15) is 18.9 Å². The van der Waals surface area contributed by atoms with Gasteiger partial charge in [-0.15, -0.1) is 0 Å². The average molecular weight is 655 g/mol. The summed E-state index contributed by atoms with van der Waals surface area (Å²) in [5.74, 6) is -2.45. The highest BCUT2D eigenvalue weighted by molar-refractivity contribution is 7.46. The van der Waals surface area contributed by atoms with E-state index in [-0.39, 0.29) is 34.4 Å². The van der Waals surface area contributed by atoms with Crippen LogP contribution in [0.5, 0.6) is 0 Å². The number of carbonyl (C=O) groups excluding carboxylic acids is 3. The number of anilines is 1. The molecule has 2 amide bonds. The zero-order chi connectivity index (χ0) is 35.5. The summed E-state index contributed by atoms with van der Waals surface area (Å²) in [6.07, 6.45) is 4.35. The Hall–Kier alpha value is -5.09. The van der Waals surface area contributed by atoms with Gasteiger partial charge in [0.1, 0.15) is 16.9 Å². The Kier molecular flexibility index (Phi) is 8.33. The van der Waals surface area contributed by atoms with Crippen LogP contribution in [0.4, 0.5) is 11.6 Å². The number of hydrogen-bond donors (Lipinski definition) is 4. The lowest BCUT2D eigenvalue weighted by Crippen LogP contribution is -2.32. The van der Waals surface area contributed by atoms with Gasteiger partial charge < -0.3 is 25.2 Å². The minimum Gasteiger partial charge on any atom is -0.439 e. The Labute approximate surface area is 265 Å². The number of aromatic nitrogens is 6. The highest BCUT2D eigenvalue weighted by atomic mass is 31.2. The van der Waals surface area contributed by atoms with Gasteiger partial charge in [-0.1, -0.05) is 12.1 Å². The average Bonchev–Trinajstić information content (AvgIpc) is 3.80. The molecule has 0 spiro atoms. The van der Waals surface area contributed by atoms with E-state index < -0.39 is 45.7 Å². The summed E-state index contributed by atoms with van der Waals surface area (Å²) in [6, 6.07) is 8.49. The van der Waals surface area contributed by atoms with Crippen molar-refractivity contribution in [2.24, 2.45) is 18.0 Å². The molecular formula is C28H30N9O8P. The predicted molar refractivity (Wildman–Crippen MR) is 160 cm³/mol. The molecule has 1 saturated carbocycles. The number of nitrogens with zero attached hydrogens (tertiary/aromatic N) is 7. The van der Waals surface area contributed by atoms with Crippen molar-refractivity contribution in [3.05, 3.63) is 76.5 Å². The third kappa shape index (κ3) is 7.94. The molecule has 0 saturated heterocycles. The van der Waals surface area contributed by atoms with Crippen molar-refractivity contribution in [1.82, 2.24) is 35.1 Å². The van der Waals surface area contributed by atoms with Crippen LogP contribution in [0.15, 0.2) is 53.8 Å². The van der Waals surface area contributed by atoms with Gasteiger partial charge in [-0.25, -0.2) is 24.0 Å². The standard InChI is InChI=1S/C28H30N9O8P/c1-16-20(22-13-31-36(3)34-22)10-11-30-25(16)32-21-12-23(33-26(38)18-8-9-18)37(35-24(21)27(39)29-2)15-44-28(40)19-6-4-17(5-7-19)14-45-46(41,42)43/h4-7,10-13,18H,8-9,14-15H2,1-3H3,(H,29,39)(H,33,38)(H2,41,42,43)/i2D3. The molecule has 1 aliphatic carbocycles. The molecule has 3 heterocycles. The second-order valence-electron chi connectivity index (χ2n) is 10.1. The predicted octanol–water partition coefficient (Wildman–Crippen LogP) is 1.75. The number of carbonyl (C=O) groups is 3. The fraction of sp³-hybridized carbons (Fsp3) is 0.286. The fourth-order valence-corrected chi connectivity index (χ4v) is 4.49. The number of hydrogen-bond acceptors (Lipinski definition) is 11. The van der Waals surface area contributed by atoms with E-state index in [4.69, 9.17) is 18.6 Å². The van der Waals surface area contributed by atoms with Crippen LogP contribution >= 0.6 is 7.82 Å². The number of benzene rings is 1. The number of phosphoric ester groups is 1. The van der Waals surface area contributed by atoms with Crippen molar-refractivity contribution in [2.45, 2.75) is 33.1 Å². The second kappa shape index (κ2) is 13.5. The van der Waals surface area contributed by atoms with Gasteiger partial charge in [0.05, 0.1) is 18.4 Å². The van der Waals surface area contributed by atoms with Crippen LogP contribution in [-0.2, 0) is 39.0 Å². The molecule has 4 N–H and O–H groups in total. The molecule has 0 bridgehead atoms. The third-order valence-corrected chi connectivity index (χ3v) is 7.19. The van der Waals surface area contributed by atoms with E-state index in [1.54, 1.807) is 26.2 Å². The normalized spacial score (nSPS) is 14.6. The molecule has 1 aliphatic rings. The molecule has 5 rings (SSSR count). The Balaban J connectivity index is 1.52. The van der Waals surface area contributed by atoms with Crippen molar-refractivity contribution in [3.63, 3.8) is 0 Å². The molecule has 0 radical (unpaired) electrons. The van der Waals surface area contributed by atoms with Crippen LogP contribution in [0.1, 0.15) is 48.9 Å². The van der Waals surface area contributed by atoms with Crippen LogP contribution in [0.3, 0.4) is 0 Å². The molecule has 1 aromatic carbocycles. The number of rotatable bonds is 11. The van der Waals surface area contributed by atoms with E-state index >= 15 is 0 Å². The summed E-state index contributed by atoms with van der Waals surface area (Å²) in [5, 5.41) is 17.1. The van der Waals surface area contributed by atoms with Crippen LogP contribution < -0.4 is 16.0 Å². The number of ether oxygens (including phenoxy) is 1. The van der Waals surface area contributed by atoms with Crippen molar-refractivity contribution in [3.8, 4) is 11.3 Å². The number of nitrogens with one attached hydrogen (secondary N) is 2. The highest BCUT2D eigenvalue weighted by Crippen LogP contribution is 2.37. The monoisotopic (exact) mass is 654 g/mol. The number of aryl methyl sites for hydroxylation is 1. The molecule has 17 nitrogen and oxygen atoms in total. The molecule has 0 aliphatic heterocycles. The van der Waals surface area contributed by atoms with Crippen LogP contribution in [0.25, 0.3) is 11.3 Å². The quantitative estimate of drug-likeness (QED) is 0.134. The Morgan fingerprint density at radius 1 is 1.17 bits per heavy atom. The summed E-state index contributed by atoms with van der Waals surface area (Å²) in [5.41, 5.74) is 1.69. The van der Waals surface area contributed by atoms with Gasteiger partial charge in [-0.3, -0.25) is 14.1 Å². The first-order valence-electron chi connectivity index (χ1n) is 15.1. The van der Waals surface area contributed by atoms with Crippen LogP contribution in [-0.4, -0.2) is 64.3 Å². The lowest BCUT2D eigenvalue weighted by atomic mass is 10.1. The van der Waals surface area contributed by atoms with Gasteiger partial charge in [0.15, 0.2) is 18.2 Å². The van der Waals surface area contributed by atoms with Gasteiger partial charge >= 0.3 is 13.8 Å².